The summed E-state index contributed by atoms with van der Waals surface area (Å²) in [5.41, 5.74) is -0.951. The molecule has 0 aliphatic heterocycles. The van der Waals surface area contributed by atoms with Crippen LogP contribution in [0.2, 0.25) is 0 Å². The van der Waals surface area contributed by atoms with Crippen LogP contribution in [0.3, 0.4) is 0 Å². The second kappa shape index (κ2) is 17.7. The van der Waals surface area contributed by atoms with Gasteiger partial charge >= 0.3 is 11.9 Å². The monoisotopic (exact) mass is 809 g/mol. The number of aromatic nitrogens is 4. The largest absolute Gasteiger partial charge is 0.482 e. The molecule has 1 atom stereocenters. The van der Waals surface area contributed by atoms with Crippen molar-refractivity contribution in [3.63, 3.8) is 0 Å². The van der Waals surface area contributed by atoms with Crippen LogP contribution in [0.1, 0.15) is 74.9 Å². The summed E-state index contributed by atoms with van der Waals surface area (Å²) in [6.45, 7) is 9.18. The standard InChI is InChI=1S/C42H48F2N4O8S/c1-8-30-31-17-20-45-35(31)23-34(44)38(30)56-29-15-16-33(43)32(22-29)39-46-40(47-48(39)7)42(6,27-13-11-14-28(21-27)55-24-36(49)53-9-2)19-12-18-41(4,5)26-57(51,52)25-37(50)54-10-3/h8,11,13-17,20-23,45H,1,9-10,12,18-19,24-26H2,2-7H3/i7D3. The van der Waals surface area contributed by atoms with Crippen LogP contribution >= 0.6 is 0 Å². The van der Waals surface area contributed by atoms with E-state index in [1.807, 2.05) is 0 Å². The second-order valence-electron chi connectivity index (χ2n) is 14.5. The van der Waals surface area contributed by atoms with Crippen molar-refractivity contribution in [2.45, 2.75) is 59.3 Å². The minimum Gasteiger partial charge on any atom is -0.482 e. The third-order valence-electron chi connectivity index (χ3n) is 9.42. The Labute approximate surface area is 335 Å². The molecule has 0 bridgehead atoms. The van der Waals surface area contributed by atoms with E-state index < -0.39 is 57.0 Å². The van der Waals surface area contributed by atoms with E-state index in [4.69, 9.17) is 23.1 Å². The highest BCUT2D eigenvalue weighted by atomic mass is 32.2. The number of rotatable bonds is 19. The van der Waals surface area contributed by atoms with Gasteiger partial charge in [-0.15, -0.1) is 0 Å². The number of hydrogen-bond acceptors (Lipinski definition) is 10. The minimum absolute atomic E-state index is 0.0208. The summed E-state index contributed by atoms with van der Waals surface area (Å²) in [7, 11) is -3.84. The summed E-state index contributed by atoms with van der Waals surface area (Å²) in [5.74, 6) is -4.38. The average molecular weight is 810 g/mol. The first-order valence-corrected chi connectivity index (χ1v) is 20.1. The van der Waals surface area contributed by atoms with Gasteiger partial charge in [0.25, 0.3) is 0 Å². The topological polar surface area (TPSA) is 152 Å². The van der Waals surface area contributed by atoms with Gasteiger partial charge in [0.2, 0.25) is 0 Å². The molecule has 2 aromatic heterocycles. The first-order chi connectivity index (χ1) is 28.2. The minimum atomic E-state index is -3.84. The van der Waals surface area contributed by atoms with Crippen LogP contribution in [0.5, 0.6) is 17.2 Å². The molecule has 0 spiro atoms. The summed E-state index contributed by atoms with van der Waals surface area (Å²) in [5, 5.41) is 5.11. The highest BCUT2D eigenvalue weighted by Gasteiger charge is 2.36. The third-order valence-corrected chi connectivity index (χ3v) is 11.3. The number of aromatic amines is 1. The van der Waals surface area contributed by atoms with Gasteiger partial charge in [-0.1, -0.05) is 45.1 Å². The first-order valence-electron chi connectivity index (χ1n) is 19.8. The lowest BCUT2D eigenvalue weighted by Gasteiger charge is -2.30. The zero-order valence-electron chi connectivity index (χ0n) is 35.5. The summed E-state index contributed by atoms with van der Waals surface area (Å²) in [6, 6.07) is 13.2. The molecule has 5 rings (SSSR count). The molecule has 3 aromatic carbocycles. The second-order valence-corrected chi connectivity index (χ2v) is 16.5. The van der Waals surface area contributed by atoms with Crippen LogP contribution in [0, 0.1) is 17.0 Å². The van der Waals surface area contributed by atoms with E-state index >= 15 is 8.78 Å². The van der Waals surface area contributed by atoms with Crippen molar-refractivity contribution < 1.29 is 49.8 Å². The molecule has 57 heavy (non-hydrogen) atoms. The van der Waals surface area contributed by atoms with Crippen molar-refractivity contribution in [3.05, 3.63) is 96.0 Å². The average Bonchev–Trinajstić information content (AvgIpc) is 3.83. The van der Waals surface area contributed by atoms with Gasteiger partial charge in [-0.2, -0.15) is 5.10 Å². The van der Waals surface area contributed by atoms with E-state index in [9.17, 15) is 18.0 Å². The number of hydrogen-bond donors (Lipinski definition) is 1. The molecule has 0 saturated heterocycles. The number of esters is 2. The highest BCUT2D eigenvalue weighted by Crippen LogP contribution is 2.41. The van der Waals surface area contributed by atoms with Gasteiger partial charge in [-0.05, 0) is 81.0 Å². The summed E-state index contributed by atoms with van der Waals surface area (Å²) in [6.07, 6.45) is 3.97. The van der Waals surface area contributed by atoms with E-state index in [0.717, 1.165) is 6.07 Å². The zero-order chi connectivity index (χ0) is 44.0. The predicted molar refractivity (Wildman–Crippen MR) is 213 cm³/mol. The summed E-state index contributed by atoms with van der Waals surface area (Å²) in [4.78, 5) is 31.7. The number of carbonyl (C=O) groups excluding carboxylic acids is 2. The van der Waals surface area contributed by atoms with Crippen LogP contribution in [0.4, 0.5) is 8.78 Å². The maximum Gasteiger partial charge on any atom is 0.344 e. The third kappa shape index (κ3) is 10.2. The number of ether oxygens (including phenoxy) is 4. The van der Waals surface area contributed by atoms with Gasteiger partial charge in [-0.25, -0.2) is 31.7 Å². The Morgan fingerprint density at radius 2 is 1.74 bits per heavy atom. The lowest BCUT2D eigenvalue weighted by Crippen LogP contribution is -2.30. The number of H-pyrrole nitrogens is 1. The summed E-state index contributed by atoms with van der Waals surface area (Å²) >= 11 is 0. The molecular formula is C42H48F2N4O8S. The quantitative estimate of drug-likeness (QED) is 0.0811. The number of carbonyl (C=O) groups is 2. The van der Waals surface area contributed by atoms with Crippen molar-refractivity contribution in [3.8, 4) is 28.6 Å². The molecule has 0 radical (unpaired) electrons. The maximum atomic E-state index is 15.9. The Morgan fingerprint density at radius 3 is 2.46 bits per heavy atom. The van der Waals surface area contributed by atoms with Crippen LogP contribution in [0.15, 0.2) is 67.4 Å². The van der Waals surface area contributed by atoms with Crippen molar-refractivity contribution in [1.82, 2.24) is 19.7 Å². The fourth-order valence-corrected chi connectivity index (χ4v) is 8.62. The van der Waals surface area contributed by atoms with Crippen molar-refractivity contribution in [2.75, 3.05) is 31.3 Å². The molecule has 0 fully saturated rings. The first kappa shape index (κ1) is 38.3. The van der Waals surface area contributed by atoms with Crippen molar-refractivity contribution in [2.24, 2.45) is 12.4 Å². The lowest BCUT2D eigenvalue weighted by molar-refractivity contribution is -0.145. The molecule has 304 valence electrons. The number of benzene rings is 3. The van der Waals surface area contributed by atoms with Crippen molar-refractivity contribution >= 4 is 38.8 Å². The number of aryl methyl sites for hydroxylation is 1. The number of fused-ring (bicyclic) bond motifs is 1. The molecule has 2 heterocycles. The molecular weight excluding hydrogens is 759 g/mol. The molecule has 5 aromatic rings. The van der Waals surface area contributed by atoms with E-state index in [1.165, 1.54) is 24.3 Å². The Morgan fingerprint density at radius 1 is 0.982 bits per heavy atom. The van der Waals surface area contributed by atoms with E-state index in [2.05, 4.69) is 21.6 Å². The molecule has 0 amide bonds. The fraction of sp³-hybridized carbons (Fsp3) is 0.381. The molecule has 15 heteroatoms. The number of nitrogens with zero attached hydrogens (tertiary/aromatic N) is 3. The number of nitrogens with one attached hydrogen (secondary N) is 1. The molecule has 0 aliphatic rings. The molecule has 1 unspecified atom stereocenters. The Kier molecular flexibility index (Phi) is 11.9. The van der Waals surface area contributed by atoms with Crippen molar-refractivity contribution in [1.29, 1.82) is 0 Å². The number of halogens is 2. The predicted octanol–water partition coefficient (Wildman–Crippen LogP) is 8.10. The normalized spacial score (nSPS) is 13.9. The van der Waals surface area contributed by atoms with Gasteiger partial charge in [0, 0.05) is 39.8 Å². The zero-order valence-corrected chi connectivity index (χ0v) is 33.3. The van der Waals surface area contributed by atoms with Crippen LogP contribution in [-0.4, -0.2) is 71.4 Å². The van der Waals surface area contributed by atoms with Gasteiger partial charge in [0.15, 0.2) is 39.7 Å². The molecule has 0 aliphatic carbocycles. The van der Waals surface area contributed by atoms with E-state index in [-0.39, 0.29) is 66.5 Å². The van der Waals surface area contributed by atoms with E-state index in [1.54, 1.807) is 71.1 Å². The maximum absolute atomic E-state index is 15.9. The van der Waals surface area contributed by atoms with Gasteiger partial charge < -0.3 is 23.9 Å². The van der Waals surface area contributed by atoms with Crippen LogP contribution in [-0.2, 0) is 41.3 Å². The Hall–Kier alpha value is -5.57. The van der Waals surface area contributed by atoms with Crippen LogP contribution < -0.4 is 9.47 Å². The summed E-state index contributed by atoms with van der Waals surface area (Å²) < 4.78 is 105. The smallest absolute Gasteiger partial charge is 0.344 e. The Balaban J connectivity index is 1.56. The van der Waals surface area contributed by atoms with Gasteiger partial charge in [0.1, 0.15) is 23.1 Å². The fourth-order valence-electron chi connectivity index (χ4n) is 6.74. The van der Waals surface area contributed by atoms with Crippen LogP contribution in [0.25, 0.3) is 28.4 Å². The molecule has 12 nitrogen and oxygen atoms in total. The SMILES string of the molecule is [2H]C([2H])([2H])n1nc(C(C)(CCCC(C)(C)CS(=O)(=O)CC(=O)OCC)c2cccc(OCC(=O)OCC)c2)nc1-c1cc(Oc2c(F)cc3[nH]ccc3c2C=C)ccc1F. The molecule has 1 N–H and O–H groups in total. The van der Waals surface area contributed by atoms with Gasteiger partial charge in [0.05, 0.1) is 29.9 Å². The lowest BCUT2D eigenvalue weighted by atomic mass is 9.75. The number of sulfone groups is 1. The molecule has 0 saturated carbocycles. The Bertz CT molecular complexity index is 2490. The highest BCUT2D eigenvalue weighted by molar-refractivity contribution is 7.92. The van der Waals surface area contributed by atoms with Gasteiger partial charge in [-0.3, -0.25) is 4.79 Å². The van der Waals surface area contributed by atoms with E-state index in [0.29, 0.717) is 39.6 Å².